The van der Waals surface area contributed by atoms with Crippen LogP contribution in [0.15, 0.2) is 29.3 Å². The zero-order valence-corrected chi connectivity index (χ0v) is 9.40. The third-order valence-electron chi connectivity index (χ3n) is 2.32. The second-order valence-corrected chi connectivity index (χ2v) is 4.52. The number of hydrogen-bond acceptors (Lipinski definition) is 2. The zero-order chi connectivity index (χ0) is 10.7. The summed E-state index contributed by atoms with van der Waals surface area (Å²) in [4.78, 5) is 3.36. The fraction of sp³-hybridized carbons (Fsp3) is 0.250. The molecule has 0 saturated heterocycles. The molecule has 0 fully saturated rings. The van der Waals surface area contributed by atoms with Crippen molar-refractivity contribution in [3.05, 3.63) is 29.8 Å². The van der Waals surface area contributed by atoms with Crippen LogP contribution in [0.4, 0.5) is 0 Å². The average molecular weight is 216 g/mol. The highest BCUT2D eigenvalue weighted by Gasteiger charge is 2.09. The first-order valence-electron chi connectivity index (χ1n) is 4.96. The molecule has 0 aliphatic heterocycles. The summed E-state index contributed by atoms with van der Waals surface area (Å²) in [5, 5.41) is 11.1. The van der Waals surface area contributed by atoms with E-state index in [1.54, 1.807) is 11.8 Å². The van der Waals surface area contributed by atoms with Gasteiger partial charge in [-0.2, -0.15) is 5.26 Å². The van der Waals surface area contributed by atoms with Gasteiger partial charge in [0.05, 0.1) is 17.5 Å². The Morgan fingerprint density at radius 3 is 2.93 bits per heavy atom. The van der Waals surface area contributed by atoms with Crippen LogP contribution in [0.5, 0.6) is 0 Å². The third-order valence-corrected chi connectivity index (χ3v) is 3.24. The number of para-hydroxylation sites is 1. The Kier molecular flexibility index (Phi) is 2.98. The lowest BCUT2D eigenvalue weighted by Crippen LogP contribution is -1.83. The summed E-state index contributed by atoms with van der Waals surface area (Å²) in [6.45, 7) is 2.12. The van der Waals surface area contributed by atoms with Gasteiger partial charge in [0, 0.05) is 16.5 Å². The van der Waals surface area contributed by atoms with E-state index in [0.717, 1.165) is 21.9 Å². The third kappa shape index (κ3) is 1.86. The molecule has 0 unspecified atom stereocenters. The van der Waals surface area contributed by atoms with Gasteiger partial charge in [0.25, 0.3) is 0 Å². The first kappa shape index (κ1) is 10.1. The van der Waals surface area contributed by atoms with Gasteiger partial charge >= 0.3 is 0 Å². The molecule has 0 aliphatic rings. The lowest BCUT2D eigenvalue weighted by atomic mass is 10.1. The van der Waals surface area contributed by atoms with Crippen molar-refractivity contribution in [2.75, 3.05) is 5.75 Å². The fourth-order valence-electron chi connectivity index (χ4n) is 1.70. The number of rotatable bonds is 3. The van der Waals surface area contributed by atoms with Crippen molar-refractivity contribution in [2.24, 2.45) is 0 Å². The van der Waals surface area contributed by atoms with E-state index in [0.29, 0.717) is 6.42 Å². The van der Waals surface area contributed by atoms with Crippen molar-refractivity contribution in [3.8, 4) is 6.07 Å². The van der Waals surface area contributed by atoms with Gasteiger partial charge in [0.2, 0.25) is 0 Å². The molecule has 15 heavy (non-hydrogen) atoms. The Balaban J connectivity index is 2.59. The molecule has 2 aromatic rings. The molecule has 1 aromatic carbocycles. The second-order valence-electron chi connectivity index (χ2n) is 3.25. The number of aromatic nitrogens is 1. The highest BCUT2D eigenvalue weighted by atomic mass is 32.2. The number of hydrogen-bond donors (Lipinski definition) is 1. The number of fused-ring (bicyclic) bond motifs is 1. The summed E-state index contributed by atoms with van der Waals surface area (Å²) in [6, 6.07) is 10.4. The van der Waals surface area contributed by atoms with Crippen LogP contribution in [0.25, 0.3) is 10.9 Å². The van der Waals surface area contributed by atoms with E-state index in [4.69, 9.17) is 5.26 Å². The van der Waals surface area contributed by atoms with E-state index < -0.39 is 0 Å². The van der Waals surface area contributed by atoms with E-state index in [-0.39, 0.29) is 0 Å². The van der Waals surface area contributed by atoms with Crippen LogP contribution in [0, 0.1) is 11.3 Å². The van der Waals surface area contributed by atoms with E-state index in [1.807, 2.05) is 12.1 Å². The Hall–Kier alpha value is -1.40. The first-order chi connectivity index (χ1) is 7.36. The van der Waals surface area contributed by atoms with Gasteiger partial charge in [-0.25, -0.2) is 0 Å². The van der Waals surface area contributed by atoms with Crippen molar-refractivity contribution in [3.63, 3.8) is 0 Å². The summed E-state index contributed by atoms with van der Waals surface area (Å²) in [6.07, 6.45) is 0.479. The standard InChI is InChI=1S/C12H12N2S/c1-2-15-12-10(7-8-13)9-5-3-4-6-11(9)14-12/h3-6,14H,2,7H2,1H3. The second kappa shape index (κ2) is 4.41. The number of thioether (sulfide) groups is 1. The number of nitrogens with zero attached hydrogens (tertiary/aromatic N) is 1. The quantitative estimate of drug-likeness (QED) is 0.799. The summed E-state index contributed by atoms with van der Waals surface area (Å²) in [7, 11) is 0. The molecule has 0 amide bonds. The van der Waals surface area contributed by atoms with Crippen molar-refractivity contribution in [1.82, 2.24) is 4.98 Å². The van der Waals surface area contributed by atoms with Crippen LogP contribution >= 0.6 is 11.8 Å². The number of H-pyrrole nitrogens is 1. The molecule has 3 heteroatoms. The molecule has 0 bridgehead atoms. The Bertz CT molecular complexity index is 508. The largest absolute Gasteiger partial charge is 0.349 e. The van der Waals surface area contributed by atoms with Crippen molar-refractivity contribution >= 4 is 22.7 Å². The molecule has 0 aliphatic carbocycles. The molecule has 0 saturated carbocycles. The van der Waals surface area contributed by atoms with Gasteiger partial charge in [-0.15, -0.1) is 11.8 Å². The molecule has 0 spiro atoms. The Morgan fingerprint density at radius 1 is 1.40 bits per heavy atom. The predicted octanol–water partition coefficient (Wildman–Crippen LogP) is 3.35. The van der Waals surface area contributed by atoms with E-state index in [2.05, 4.69) is 30.1 Å². The molecule has 1 N–H and O–H groups in total. The van der Waals surface area contributed by atoms with Gasteiger partial charge in [0.1, 0.15) is 0 Å². The van der Waals surface area contributed by atoms with Crippen LogP contribution in [-0.4, -0.2) is 10.7 Å². The number of benzene rings is 1. The van der Waals surface area contributed by atoms with Gasteiger partial charge < -0.3 is 4.98 Å². The molecular weight excluding hydrogens is 204 g/mol. The molecule has 0 atom stereocenters. The summed E-state index contributed by atoms with van der Waals surface area (Å²) in [5.74, 6) is 1.02. The minimum Gasteiger partial charge on any atom is -0.349 e. The van der Waals surface area contributed by atoms with Gasteiger partial charge in [0.15, 0.2) is 0 Å². The van der Waals surface area contributed by atoms with Crippen molar-refractivity contribution in [1.29, 1.82) is 5.26 Å². The average Bonchev–Trinajstić information content (AvgIpc) is 2.59. The monoisotopic (exact) mass is 216 g/mol. The van der Waals surface area contributed by atoms with E-state index in [1.165, 1.54) is 5.39 Å². The maximum Gasteiger partial charge on any atom is 0.0775 e. The number of nitrogens with one attached hydrogen (secondary N) is 1. The van der Waals surface area contributed by atoms with Gasteiger partial charge in [-0.1, -0.05) is 25.1 Å². The number of nitriles is 1. The first-order valence-corrected chi connectivity index (χ1v) is 5.94. The smallest absolute Gasteiger partial charge is 0.0775 e. The van der Waals surface area contributed by atoms with E-state index in [9.17, 15) is 0 Å². The van der Waals surface area contributed by atoms with Crippen LogP contribution < -0.4 is 0 Å². The Labute approximate surface area is 93.3 Å². The fourth-order valence-corrected chi connectivity index (χ4v) is 2.52. The lowest BCUT2D eigenvalue weighted by Gasteiger charge is -1.97. The number of aromatic amines is 1. The Morgan fingerprint density at radius 2 is 2.20 bits per heavy atom. The predicted molar refractivity (Wildman–Crippen MR) is 64.0 cm³/mol. The topological polar surface area (TPSA) is 39.6 Å². The maximum atomic E-state index is 8.82. The molecular formula is C12H12N2S. The zero-order valence-electron chi connectivity index (χ0n) is 8.58. The van der Waals surface area contributed by atoms with Crippen molar-refractivity contribution < 1.29 is 0 Å². The molecule has 1 aromatic heterocycles. The van der Waals surface area contributed by atoms with Crippen molar-refractivity contribution in [2.45, 2.75) is 18.4 Å². The van der Waals surface area contributed by atoms with E-state index >= 15 is 0 Å². The minimum absolute atomic E-state index is 0.479. The van der Waals surface area contributed by atoms with Crippen LogP contribution in [0.2, 0.25) is 0 Å². The molecule has 0 radical (unpaired) electrons. The molecule has 76 valence electrons. The van der Waals surface area contributed by atoms with Crippen LogP contribution in [0.3, 0.4) is 0 Å². The van der Waals surface area contributed by atoms with Gasteiger partial charge in [-0.3, -0.25) is 0 Å². The van der Waals surface area contributed by atoms with Crippen LogP contribution in [0.1, 0.15) is 12.5 Å². The maximum absolute atomic E-state index is 8.82. The molecule has 2 nitrogen and oxygen atoms in total. The summed E-state index contributed by atoms with van der Waals surface area (Å²) in [5.41, 5.74) is 2.26. The highest BCUT2D eigenvalue weighted by Crippen LogP contribution is 2.29. The normalized spacial score (nSPS) is 10.4. The summed E-state index contributed by atoms with van der Waals surface area (Å²) < 4.78 is 0. The lowest BCUT2D eigenvalue weighted by molar-refractivity contribution is 1.13. The molecule has 2 rings (SSSR count). The SMILES string of the molecule is CCSc1[nH]c2ccccc2c1CC#N. The summed E-state index contributed by atoms with van der Waals surface area (Å²) >= 11 is 1.76. The van der Waals surface area contributed by atoms with Crippen LogP contribution in [-0.2, 0) is 6.42 Å². The van der Waals surface area contributed by atoms with Gasteiger partial charge in [-0.05, 0) is 11.8 Å². The highest BCUT2D eigenvalue weighted by molar-refractivity contribution is 7.99. The minimum atomic E-state index is 0.479. The molecule has 1 heterocycles.